The fourth-order valence-electron chi connectivity index (χ4n) is 3.68. The van der Waals surface area contributed by atoms with Crippen LogP contribution in [0.4, 0.5) is 11.4 Å². The number of para-hydroxylation sites is 1. The SMILES string of the molecule is COc1ccc(N(C(=O)C2=NC(C)C(=O)N(c3ccccc3)N2)C(C)C2CC2)cc1. The molecule has 2 unspecified atom stereocenters. The predicted molar refractivity (Wildman–Crippen MR) is 117 cm³/mol. The summed E-state index contributed by atoms with van der Waals surface area (Å²) in [6.07, 6.45) is 2.21. The number of benzene rings is 2. The molecule has 0 bridgehead atoms. The summed E-state index contributed by atoms with van der Waals surface area (Å²) in [6.45, 7) is 3.77. The van der Waals surface area contributed by atoms with Crippen LogP contribution in [-0.2, 0) is 9.59 Å². The molecule has 1 aliphatic heterocycles. The third-order valence-corrected chi connectivity index (χ3v) is 5.62. The molecular weight excluding hydrogens is 380 g/mol. The minimum Gasteiger partial charge on any atom is -0.497 e. The van der Waals surface area contributed by atoms with E-state index in [0.29, 0.717) is 11.6 Å². The molecule has 2 aromatic carbocycles. The summed E-state index contributed by atoms with van der Waals surface area (Å²) in [5, 5.41) is 1.40. The molecule has 4 rings (SSSR count). The van der Waals surface area contributed by atoms with E-state index < -0.39 is 6.04 Å². The number of nitrogens with zero attached hydrogens (tertiary/aromatic N) is 3. The van der Waals surface area contributed by atoms with Crippen molar-refractivity contribution < 1.29 is 14.3 Å². The third-order valence-electron chi connectivity index (χ3n) is 5.62. The number of hydrogen-bond acceptors (Lipinski definition) is 5. The van der Waals surface area contributed by atoms with Crippen LogP contribution in [0.2, 0.25) is 0 Å². The van der Waals surface area contributed by atoms with Gasteiger partial charge in [-0.3, -0.25) is 15.0 Å². The zero-order chi connectivity index (χ0) is 21.3. The van der Waals surface area contributed by atoms with Crippen LogP contribution >= 0.6 is 0 Å². The van der Waals surface area contributed by atoms with Crippen molar-refractivity contribution in [2.75, 3.05) is 17.0 Å². The van der Waals surface area contributed by atoms with Crippen molar-refractivity contribution in [2.24, 2.45) is 10.9 Å². The fourth-order valence-corrected chi connectivity index (χ4v) is 3.68. The van der Waals surface area contributed by atoms with Gasteiger partial charge >= 0.3 is 0 Å². The molecule has 2 aliphatic rings. The van der Waals surface area contributed by atoms with E-state index >= 15 is 0 Å². The molecule has 0 aromatic heterocycles. The molecule has 1 N–H and O–H groups in total. The van der Waals surface area contributed by atoms with Gasteiger partial charge in [0.15, 0.2) is 0 Å². The van der Waals surface area contributed by atoms with Crippen molar-refractivity contribution in [2.45, 2.75) is 38.8 Å². The molecule has 2 atom stereocenters. The summed E-state index contributed by atoms with van der Waals surface area (Å²) in [7, 11) is 1.61. The van der Waals surface area contributed by atoms with E-state index in [2.05, 4.69) is 17.3 Å². The summed E-state index contributed by atoms with van der Waals surface area (Å²) in [5.41, 5.74) is 4.40. The van der Waals surface area contributed by atoms with Gasteiger partial charge in [0, 0.05) is 11.7 Å². The summed E-state index contributed by atoms with van der Waals surface area (Å²) < 4.78 is 5.25. The first-order valence-electron chi connectivity index (χ1n) is 10.2. The minimum atomic E-state index is -0.653. The second-order valence-corrected chi connectivity index (χ2v) is 7.73. The van der Waals surface area contributed by atoms with Gasteiger partial charge in [-0.25, -0.2) is 10.0 Å². The first-order chi connectivity index (χ1) is 14.5. The molecular formula is C23H26N4O3. The van der Waals surface area contributed by atoms with E-state index in [-0.39, 0.29) is 23.7 Å². The normalized spacial score (nSPS) is 19.6. The van der Waals surface area contributed by atoms with Crippen LogP contribution in [0.1, 0.15) is 26.7 Å². The number of nitrogens with one attached hydrogen (secondary N) is 1. The quantitative estimate of drug-likeness (QED) is 0.800. The Hall–Kier alpha value is -3.35. The highest BCUT2D eigenvalue weighted by molar-refractivity contribution is 6.44. The highest BCUT2D eigenvalue weighted by Gasteiger charge is 2.39. The van der Waals surface area contributed by atoms with Gasteiger partial charge < -0.3 is 9.64 Å². The van der Waals surface area contributed by atoms with Gasteiger partial charge in [0.05, 0.1) is 12.8 Å². The molecule has 1 heterocycles. The van der Waals surface area contributed by atoms with Gasteiger partial charge in [-0.05, 0) is 69.0 Å². The van der Waals surface area contributed by atoms with Crippen molar-refractivity contribution in [1.82, 2.24) is 5.43 Å². The lowest BCUT2D eigenvalue weighted by atomic mass is 10.1. The van der Waals surface area contributed by atoms with Crippen LogP contribution in [0, 0.1) is 5.92 Å². The van der Waals surface area contributed by atoms with Gasteiger partial charge in [0.25, 0.3) is 11.8 Å². The topological polar surface area (TPSA) is 74.2 Å². The third kappa shape index (κ3) is 3.87. The Morgan fingerprint density at radius 3 is 2.43 bits per heavy atom. The number of amides is 2. The molecule has 0 radical (unpaired) electrons. The van der Waals surface area contributed by atoms with Crippen LogP contribution in [0.25, 0.3) is 0 Å². The Bertz CT molecular complexity index is 954. The largest absolute Gasteiger partial charge is 0.497 e. The first-order valence-corrected chi connectivity index (χ1v) is 10.2. The summed E-state index contributed by atoms with van der Waals surface area (Å²) >= 11 is 0. The lowest BCUT2D eigenvalue weighted by Gasteiger charge is -2.35. The number of rotatable bonds is 6. The number of carbonyl (C=O) groups is 2. The molecule has 2 aromatic rings. The zero-order valence-electron chi connectivity index (χ0n) is 17.4. The van der Waals surface area contributed by atoms with Crippen LogP contribution in [0.5, 0.6) is 5.75 Å². The Morgan fingerprint density at radius 1 is 1.17 bits per heavy atom. The maximum atomic E-state index is 13.6. The van der Waals surface area contributed by atoms with E-state index in [1.807, 2.05) is 54.6 Å². The van der Waals surface area contributed by atoms with E-state index in [1.165, 1.54) is 5.01 Å². The van der Waals surface area contributed by atoms with E-state index in [4.69, 9.17) is 4.74 Å². The second kappa shape index (κ2) is 8.18. The highest BCUT2D eigenvalue weighted by atomic mass is 16.5. The summed E-state index contributed by atoms with van der Waals surface area (Å²) in [5.74, 6) is 0.899. The van der Waals surface area contributed by atoms with E-state index in [0.717, 1.165) is 24.3 Å². The predicted octanol–water partition coefficient (Wildman–Crippen LogP) is 3.17. The maximum Gasteiger partial charge on any atom is 0.295 e. The zero-order valence-corrected chi connectivity index (χ0v) is 17.4. The molecule has 1 fully saturated rings. The number of ether oxygens (including phenoxy) is 1. The number of aliphatic imine (C=N–C) groups is 1. The van der Waals surface area contributed by atoms with Crippen molar-refractivity contribution in [3.05, 3.63) is 54.6 Å². The van der Waals surface area contributed by atoms with Crippen molar-refractivity contribution in [3.63, 3.8) is 0 Å². The highest BCUT2D eigenvalue weighted by Crippen LogP contribution is 2.37. The van der Waals surface area contributed by atoms with Gasteiger partial charge in [0.2, 0.25) is 5.84 Å². The molecule has 1 aliphatic carbocycles. The summed E-state index contributed by atoms with van der Waals surface area (Å²) in [4.78, 5) is 32.4. The van der Waals surface area contributed by atoms with Crippen molar-refractivity contribution in [1.29, 1.82) is 0 Å². The average Bonchev–Trinajstić information content (AvgIpc) is 3.62. The van der Waals surface area contributed by atoms with Crippen LogP contribution in [0.3, 0.4) is 0 Å². The van der Waals surface area contributed by atoms with Crippen LogP contribution < -0.4 is 20.1 Å². The van der Waals surface area contributed by atoms with Gasteiger partial charge in [0.1, 0.15) is 11.8 Å². The Morgan fingerprint density at radius 2 is 1.83 bits per heavy atom. The number of hydrogen-bond donors (Lipinski definition) is 1. The Labute approximate surface area is 176 Å². The molecule has 2 amide bonds. The first kappa shape index (κ1) is 19.9. The van der Waals surface area contributed by atoms with E-state index in [1.54, 1.807) is 18.9 Å². The molecule has 156 valence electrons. The molecule has 1 saturated carbocycles. The molecule has 7 nitrogen and oxygen atoms in total. The number of amidine groups is 1. The van der Waals surface area contributed by atoms with Gasteiger partial charge in [-0.1, -0.05) is 18.2 Å². The van der Waals surface area contributed by atoms with Crippen molar-refractivity contribution >= 4 is 29.0 Å². The Balaban J connectivity index is 1.66. The molecule has 7 heteroatoms. The van der Waals surface area contributed by atoms with Gasteiger partial charge in [-0.15, -0.1) is 0 Å². The standard InChI is InChI=1S/C23H26N4O3/c1-15-22(28)27(19-7-5-4-6-8-19)25-21(24-15)23(29)26(16(2)17-9-10-17)18-11-13-20(30-3)14-12-18/h4-8,11-17H,9-10H2,1-3H3,(H,24,25). The number of carbonyl (C=O) groups excluding carboxylic acids is 2. The summed E-state index contributed by atoms with van der Waals surface area (Å²) in [6, 6.07) is 16.0. The molecule has 0 saturated heterocycles. The number of methoxy groups -OCH3 is 1. The lowest BCUT2D eigenvalue weighted by Crippen LogP contribution is -2.59. The number of anilines is 2. The average molecular weight is 406 g/mol. The molecule has 30 heavy (non-hydrogen) atoms. The van der Waals surface area contributed by atoms with Gasteiger partial charge in [-0.2, -0.15) is 0 Å². The monoisotopic (exact) mass is 406 g/mol. The second-order valence-electron chi connectivity index (χ2n) is 7.73. The smallest absolute Gasteiger partial charge is 0.295 e. The van der Waals surface area contributed by atoms with Crippen LogP contribution in [-0.4, -0.2) is 36.8 Å². The van der Waals surface area contributed by atoms with E-state index in [9.17, 15) is 9.59 Å². The Kier molecular flexibility index (Phi) is 5.44. The fraction of sp³-hybridized carbons (Fsp3) is 0.348. The minimum absolute atomic E-state index is 0.0218. The number of hydrazine groups is 1. The lowest BCUT2D eigenvalue weighted by molar-refractivity contribution is -0.120. The maximum absolute atomic E-state index is 13.6. The van der Waals surface area contributed by atoms with Crippen LogP contribution in [0.15, 0.2) is 59.6 Å². The van der Waals surface area contributed by atoms with Crippen molar-refractivity contribution in [3.8, 4) is 5.75 Å². The molecule has 0 spiro atoms.